The molecule has 0 saturated heterocycles. The van der Waals surface area contributed by atoms with Gasteiger partial charge in [-0.1, -0.05) is 12.1 Å². The van der Waals surface area contributed by atoms with E-state index in [4.69, 9.17) is 0 Å². The van der Waals surface area contributed by atoms with Crippen LogP contribution in [0.3, 0.4) is 0 Å². The minimum Gasteiger partial charge on any atom is -0.338 e. The zero-order valence-corrected chi connectivity index (χ0v) is 18.5. The lowest BCUT2D eigenvalue weighted by molar-refractivity contribution is -0.133. The number of nitrogens with one attached hydrogen (secondary N) is 1. The van der Waals surface area contributed by atoms with Crippen LogP contribution in [0, 0.1) is 6.92 Å². The number of carbonyl (C=O) groups excluding carboxylic acids is 1. The molecule has 162 valence electrons. The van der Waals surface area contributed by atoms with E-state index in [0.717, 1.165) is 39.8 Å². The van der Waals surface area contributed by atoms with Crippen molar-refractivity contribution >= 4 is 28.3 Å². The van der Waals surface area contributed by atoms with Gasteiger partial charge in [0.15, 0.2) is 5.82 Å². The number of hydrogen-bond acceptors (Lipinski definition) is 5. The molecular weight excluding hydrogens is 400 g/mol. The summed E-state index contributed by atoms with van der Waals surface area (Å²) in [7, 11) is 0. The third kappa shape index (κ3) is 3.82. The van der Waals surface area contributed by atoms with Crippen LogP contribution in [0.25, 0.3) is 21.9 Å². The molecule has 4 heterocycles. The molecule has 7 heteroatoms. The molecule has 7 nitrogen and oxygen atoms in total. The third-order valence-electron chi connectivity index (χ3n) is 6.03. The number of amides is 1. The standard InChI is InChI=1S/C25H26N6O/c1-16(2)30-9-7-21-12-24(29-31(21)15-25(30)32)28-23-11-20-10-18(4-5-19(20)13-27-23)22-14-26-8-6-17(22)3/h4-6,8,10-14,16H,7,9,15H2,1-3H3,(H,27,28,29). The number of pyridine rings is 2. The first-order valence-corrected chi connectivity index (χ1v) is 10.9. The quantitative estimate of drug-likeness (QED) is 0.525. The van der Waals surface area contributed by atoms with Crippen LogP contribution in [0.2, 0.25) is 0 Å². The average molecular weight is 427 g/mol. The number of nitrogens with zero attached hydrogens (tertiary/aromatic N) is 5. The second-order valence-corrected chi connectivity index (χ2v) is 8.56. The van der Waals surface area contributed by atoms with Crippen molar-refractivity contribution in [3.8, 4) is 11.1 Å². The highest BCUT2D eigenvalue weighted by molar-refractivity contribution is 5.89. The van der Waals surface area contributed by atoms with Crippen molar-refractivity contribution in [1.29, 1.82) is 0 Å². The Bertz CT molecular complexity index is 1310. The minimum absolute atomic E-state index is 0.107. The summed E-state index contributed by atoms with van der Waals surface area (Å²) in [6.07, 6.45) is 6.36. The van der Waals surface area contributed by atoms with Gasteiger partial charge in [-0.2, -0.15) is 5.10 Å². The smallest absolute Gasteiger partial charge is 0.244 e. The van der Waals surface area contributed by atoms with Gasteiger partial charge < -0.3 is 10.2 Å². The number of aryl methyl sites for hydroxylation is 1. The first-order valence-electron chi connectivity index (χ1n) is 10.9. The lowest BCUT2D eigenvalue weighted by atomic mass is 10.0. The van der Waals surface area contributed by atoms with Crippen molar-refractivity contribution in [3.05, 3.63) is 66.2 Å². The first-order chi connectivity index (χ1) is 15.5. The Morgan fingerprint density at radius 1 is 1.03 bits per heavy atom. The Morgan fingerprint density at radius 2 is 1.91 bits per heavy atom. The molecule has 1 aromatic carbocycles. The predicted octanol–water partition coefficient (Wildman–Crippen LogP) is 4.34. The second-order valence-electron chi connectivity index (χ2n) is 8.56. The number of carbonyl (C=O) groups is 1. The highest BCUT2D eigenvalue weighted by atomic mass is 16.2. The molecule has 4 aromatic rings. The number of hydrogen-bond donors (Lipinski definition) is 1. The lowest BCUT2D eigenvalue weighted by Crippen LogP contribution is -2.38. The van der Waals surface area contributed by atoms with Crippen molar-refractivity contribution in [2.75, 3.05) is 11.9 Å². The largest absolute Gasteiger partial charge is 0.338 e. The van der Waals surface area contributed by atoms with Crippen LogP contribution >= 0.6 is 0 Å². The Labute approximate surface area is 187 Å². The molecule has 0 unspecified atom stereocenters. The van der Waals surface area contributed by atoms with Gasteiger partial charge in [0.25, 0.3) is 0 Å². The molecule has 3 aromatic heterocycles. The van der Waals surface area contributed by atoms with Crippen molar-refractivity contribution < 1.29 is 4.79 Å². The summed E-state index contributed by atoms with van der Waals surface area (Å²) in [6.45, 7) is 7.17. The normalized spacial score (nSPS) is 14.0. The van der Waals surface area contributed by atoms with E-state index in [-0.39, 0.29) is 18.5 Å². The van der Waals surface area contributed by atoms with Gasteiger partial charge in [0.05, 0.1) is 0 Å². The summed E-state index contributed by atoms with van der Waals surface area (Å²) < 4.78 is 1.80. The topological polar surface area (TPSA) is 75.9 Å². The molecule has 1 amide bonds. The molecule has 0 radical (unpaired) electrons. The third-order valence-corrected chi connectivity index (χ3v) is 6.03. The van der Waals surface area contributed by atoms with E-state index in [1.165, 1.54) is 5.56 Å². The van der Waals surface area contributed by atoms with Crippen LogP contribution in [-0.2, 0) is 17.8 Å². The summed E-state index contributed by atoms with van der Waals surface area (Å²) >= 11 is 0. The maximum absolute atomic E-state index is 12.5. The average Bonchev–Trinajstić information content (AvgIpc) is 3.06. The Kier molecular flexibility index (Phi) is 5.09. The molecule has 0 aliphatic carbocycles. The van der Waals surface area contributed by atoms with Crippen LogP contribution in [0.1, 0.15) is 25.1 Å². The van der Waals surface area contributed by atoms with Crippen LogP contribution in [0.4, 0.5) is 11.6 Å². The van der Waals surface area contributed by atoms with Gasteiger partial charge in [0, 0.05) is 60.3 Å². The van der Waals surface area contributed by atoms with Gasteiger partial charge >= 0.3 is 0 Å². The number of rotatable bonds is 4. The lowest BCUT2D eigenvalue weighted by Gasteiger charge is -2.24. The van der Waals surface area contributed by atoms with E-state index >= 15 is 0 Å². The fourth-order valence-corrected chi connectivity index (χ4v) is 4.25. The SMILES string of the molecule is Cc1ccncc1-c1ccc2cnc(Nc3cc4n(n3)CC(=O)N(C(C)C)CC4)cc2c1. The number of anilines is 2. The number of aromatic nitrogens is 4. The molecule has 0 fully saturated rings. The second kappa shape index (κ2) is 8.07. The van der Waals surface area contributed by atoms with Crippen molar-refractivity contribution in [2.24, 2.45) is 0 Å². The molecule has 0 atom stereocenters. The summed E-state index contributed by atoms with van der Waals surface area (Å²) in [6, 6.07) is 12.6. The Hall–Kier alpha value is -3.74. The highest BCUT2D eigenvalue weighted by Gasteiger charge is 2.23. The van der Waals surface area contributed by atoms with Gasteiger partial charge in [-0.15, -0.1) is 0 Å². The first kappa shape index (κ1) is 20.2. The molecule has 32 heavy (non-hydrogen) atoms. The van der Waals surface area contributed by atoms with Crippen molar-refractivity contribution in [2.45, 2.75) is 39.8 Å². The van der Waals surface area contributed by atoms with E-state index in [1.807, 2.05) is 55.5 Å². The summed E-state index contributed by atoms with van der Waals surface area (Å²) in [4.78, 5) is 23.3. The molecule has 1 N–H and O–H groups in total. The fraction of sp³-hybridized carbons (Fsp3) is 0.280. The fourth-order valence-electron chi connectivity index (χ4n) is 4.25. The van der Waals surface area contributed by atoms with Gasteiger partial charge in [0.1, 0.15) is 12.4 Å². The Balaban J connectivity index is 1.41. The zero-order chi connectivity index (χ0) is 22.2. The van der Waals surface area contributed by atoms with Gasteiger partial charge in [0.2, 0.25) is 5.91 Å². The van der Waals surface area contributed by atoms with E-state index in [1.54, 1.807) is 4.68 Å². The number of fused-ring (bicyclic) bond motifs is 2. The van der Waals surface area contributed by atoms with E-state index in [9.17, 15) is 4.79 Å². The van der Waals surface area contributed by atoms with Crippen LogP contribution in [0.5, 0.6) is 0 Å². The predicted molar refractivity (Wildman–Crippen MR) is 126 cm³/mol. The van der Waals surface area contributed by atoms with E-state index in [2.05, 4.69) is 45.5 Å². The summed E-state index contributed by atoms with van der Waals surface area (Å²) in [5.41, 5.74) is 4.50. The van der Waals surface area contributed by atoms with E-state index < -0.39 is 0 Å². The minimum atomic E-state index is 0.107. The van der Waals surface area contributed by atoms with E-state index in [0.29, 0.717) is 12.4 Å². The van der Waals surface area contributed by atoms with Gasteiger partial charge in [-0.05, 0) is 55.5 Å². The monoisotopic (exact) mass is 426 g/mol. The van der Waals surface area contributed by atoms with Crippen molar-refractivity contribution in [3.63, 3.8) is 0 Å². The maximum atomic E-state index is 12.5. The van der Waals surface area contributed by atoms with Crippen LogP contribution in [0.15, 0.2) is 55.0 Å². The molecule has 0 spiro atoms. The van der Waals surface area contributed by atoms with Crippen LogP contribution in [-0.4, -0.2) is 43.1 Å². The summed E-state index contributed by atoms with van der Waals surface area (Å²) in [5, 5.41) is 10.1. The molecular formula is C25H26N6O. The maximum Gasteiger partial charge on any atom is 0.244 e. The van der Waals surface area contributed by atoms with Crippen LogP contribution < -0.4 is 5.32 Å². The molecule has 5 rings (SSSR count). The molecule has 1 aliphatic heterocycles. The summed E-state index contributed by atoms with van der Waals surface area (Å²) in [5.74, 6) is 1.54. The molecule has 1 aliphatic rings. The molecule has 0 saturated carbocycles. The highest BCUT2D eigenvalue weighted by Crippen LogP contribution is 2.28. The van der Waals surface area contributed by atoms with Gasteiger partial charge in [-0.25, -0.2) is 4.98 Å². The Morgan fingerprint density at radius 3 is 2.72 bits per heavy atom. The van der Waals surface area contributed by atoms with Gasteiger partial charge in [-0.3, -0.25) is 14.5 Å². The molecule has 0 bridgehead atoms. The number of benzene rings is 1. The zero-order valence-electron chi connectivity index (χ0n) is 18.5. The van der Waals surface area contributed by atoms with Crippen molar-refractivity contribution in [1.82, 2.24) is 24.6 Å².